The molecule has 0 aliphatic carbocycles. The van der Waals surface area contributed by atoms with Gasteiger partial charge in [0, 0.05) is 0 Å². The van der Waals surface area contributed by atoms with E-state index in [4.69, 9.17) is 19.3 Å². The molecule has 144 valence electrons. The third kappa shape index (κ3) is 6.63. The standard InChI is InChI=1S/C18H18O8S/c19-17(20)12-25-15-8-4-5-9-16(15)26-13-18(21)24-10-11-27(22,23)14-6-2-1-3-7-14/h1-9H,10-13H2,(H,19,20). The SMILES string of the molecule is O=C(O)COc1ccccc1OCC(=O)OCCS(=O)(=O)c1ccccc1. The van der Waals surface area contributed by atoms with Crippen LogP contribution in [0.3, 0.4) is 0 Å². The maximum atomic E-state index is 12.1. The minimum Gasteiger partial charge on any atom is -0.479 e. The van der Waals surface area contributed by atoms with E-state index in [1.54, 1.807) is 30.3 Å². The number of aliphatic carboxylic acids is 1. The van der Waals surface area contributed by atoms with E-state index >= 15 is 0 Å². The second kappa shape index (κ2) is 9.58. The zero-order valence-electron chi connectivity index (χ0n) is 14.2. The highest BCUT2D eigenvalue weighted by Crippen LogP contribution is 2.26. The molecule has 0 amide bonds. The summed E-state index contributed by atoms with van der Waals surface area (Å²) in [7, 11) is -3.54. The Kier molecular flexibility index (Phi) is 7.18. The largest absolute Gasteiger partial charge is 0.479 e. The van der Waals surface area contributed by atoms with E-state index in [0.29, 0.717) is 0 Å². The number of hydrogen-bond acceptors (Lipinski definition) is 7. The number of benzene rings is 2. The molecule has 0 aromatic heterocycles. The van der Waals surface area contributed by atoms with Gasteiger partial charge in [-0.25, -0.2) is 18.0 Å². The molecule has 0 bridgehead atoms. The van der Waals surface area contributed by atoms with E-state index in [1.807, 2.05) is 0 Å². The van der Waals surface area contributed by atoms with E-state index in [1.165, 1.54) is 24.3 Å². The van der Waals surface area contributed by atoms with Crippen LogP contribution >= 0.6 is 0 Å². The van der Waals surface area contributed by atoms with Crippen LogP contribution in [0.15, 0.2) is 59.5 Å². The van der Waals surface area contributed by atoms with Gasteiger partial charge in [0.25, 0.3) is 0 Å². The smallest absolute Gasteiger partial charge is 0.344 e. The number of carboxylic acids is 1. The molecule has 0 aliphatic heterocycles. The van der Waals surface area contributed by atoms with Crippen LogP contribution in [0.2, 0.25) is 0 Å². The van der Waals surface area contributed by atoms with Crippen molar-refractivity contribution >= 4 is 21.8 Å². The summed E-state index contributed by atoms with van der Waals surface area (Å²) in [5.41, 5.74) is 0. The summed E-state index contributed by atoms with van der Waals surface area (Å²) in [5, 5.41) is 8.64. The van der Waals surface area contributed by atoms with Crippen molar-refractivity contribution in [1.29, 1.82) is 0 Å². The van der Waals surface area contributed by atoms with E-state index in [0.717, 1.165) is 0 Å². The minimum absolute atomic E-state index is 0.154. The number of carbonyl (C=O) groups is 2. The van der Waals surface area contributed by atoms with Crippen molar-refractivity contribution < 1.29 is 37.3 Å². The highest BCUT2D eigenvalue weighted by molar-refractivity contribution is 7.91. The van der Waals surface area contributed by atoms with Crippen LogP contribution in [-0.2, 0) is 24.2 Å². The summed E-state index contributed by atoms with van der Waals surface area (Å²) in [4.78, 5) is 22.5. The Bertz CT molecular complexity index is 877. The van der Waals surface area contributed by atoms with Gasteiger partial charge in [-0.2, -0.15) is 0 Å². The first-order valence-corrected chi connectivity index (χ1v) is 9.53. The number of rotatable bonds is 10. The number of carboxylic acid groups (broad SMARTS) is 1. The lowest BCUT2D eigenvalue weighted by molar-refractivity contribution is -0.145. The predicted molar refractivity (Wildman–Crippen MR) is 94.5 cm³/mol. The Morgan fingerprint density at radius 3 is 2.00 bits per heavy atom. The Labute approximate surface area is 156 Å². The van der Waals surface area contributed by atoms with Crippen LogP contribution in [0.4, 0.5) is 0 Å². The molecule has 0 spiro atoms. The van der Waals surface area contributed by atoms with Crippen molar-refractivity contribution in [2.24, 2.45) is 0 Å². The van der Waals surface area contributed by atoms with Crippen molar-refractivity contribution in [2.75, 3.05) is 25.6 Å². The van der Waals surface area contributed by atoms with E-state index in [9.17, 15) is 18.0 Å². The second-order valence-corrected chi connectivity index (χ2v) is 7.38. The molecule has 1 N–H and O–H groups in total. The highest BCUT2D eigenvalue weighted by atomic mass is 32.2. The molecule has 0 aliphatic rings. The third-order valence-corrected chi connectivity index (χ3v) is 4.96. The summed E-state index contributed by atoms with van der Waals surface area (Å²) in [6.07, 6.45) is 0. The molecule has 9 heteroatoms. The van der Waals surface area contributed by atoms with Crippen LogP contribution in [0.1, 0.15) is 0 Å². The van der Waals surface area contributed by atoms with Gasteiger partial charge in [0.2, 0.25) is 0 Å². The number of para-hydroxylation sites is 2. The maximum absolute atomic E-state index is 12.1. The molecule has 27 heavy (non-hydrogen) atoms. The van der Waals surface area contributed by atoms with Gasteiger partial charge in [-0.15, -0.1) is 0 Å². The summed E-state index contributed by atoms with van der Waals surface area (Å²) >= 11 is 0. The third-order valence-electron chi connectivity index (χ3n) is 3.26. The minimum atomic E-state index is -3.54. The van der Waals surface area contributed by atoms with Gasteiger partial charge in [0.05, 0.1) is 10.6 Å². The van der Waals surface area contributed by atoms with E-state index < -0.39 is 35.0 Å². The lowest BCUT2D eigenvalue weighted by atomic mass is 10.3. The summed E-state index contributed by atoms with van der Waals surface area (Å²) in [5.74, 6) is -1.91. The van der Waals surface area contributed by atoms with Gasteiger partial charge in [-0.3, -0.25) is 0 Å². The van der Waals surface area contributed by atoms with Crippen LogP contribution in [0, 0.1) is 0 Å². The fraction of sp³-hybridized carbons (Fsp3) is 0.222. The molecule has 0 unspecified atom stereocenters. The topological polar surface area (TPSA) is 116 Å². The number of ether oxygens (including phenoxy) is 3. The zero-order chi connectivity index (χ0) is 19.7. The molecule has 0 atom stereocenters. The van der Waals surface area contributed by atoms with Crippen molar-refractivity contribution in [3.05, 3.63) is 54.6 Å². The first kappa shape index (κ1) is 20.2. The molecule has 0 heterocycles. The normalized spacial score (nSPS) is 10.8. The molecule has 0 saturated heterocycles. The lowest BCUT2D eigenvalue weighted by Gasteiger charge is -2.11. The Balaban J connectivity index is 1.81. The average molecular weight is 394 g/mol. The Hall–Kier alpha value is -3.07. The van der Waals surface area contributed by atoms with Gasteiger partial charge in [0.1, 0.15) is 6.61 Å². The fourth-order valence-corrected chi connectivity index (χ4v) is 3.13. The van der Waals surface area contributed by atoms with Crippen LogP contribution in [0.25, 0.3) is 0 Å². The number of hydrogen-bond donors (Lipinski definition) is 1. The number of sulfone groups is 1. The van der Waals surface area contributed by atoms with Gasteiger partial charge in [0.15, 0.2) is 34.6 Å². The van der Waals surface area contributed by atoms with Crippen LogP contribution in [0.5, 0.6) is 11.5 Å². The molecule has 2 aromatic carbocycles. The molecular formula is C18H18O8S. The second-order valence-electron chi connectivity index (χ2n) is 5.27. The number of carbonyl (C=O) groups excluding carboxylic acids is 1. The van der Waals surface area contributed by atoms with E-state index in [2.05, 4.69) is 0 Å². The molecule has 0 fully saturated rings. The predicted octanol–water partition coefficient (Wildman–Crippen LogP) is 1.55. The Morgan fingerprint density at radius 2 is 1.41 bits per heavy atom. The summed E-state index contributed by atoms with van der Waals surface area (Å²) in [6, 6.07) is 14.1. The molecular weight excluding hydrogens is 376 g/mol. The fourth-order valence-electron chi connectivity index (χ4n) is 2.02. The molecule has 0 saturated carbocycles. The van der Waals surface area contributed by atoms with Crippen molar-refractivity contribution in [3.8, 4) is 11.5 Å². The molecule has 8 nitrogen and oxygen atoms in total. The molecule has 2 rings (SSSR count). The zero-order valence-corrected chi connectivity index (χ0v) is 15.1. The highest BCUT2D eigenvalue weighted by Gasteiger charge is 2.15. The van der Waals surface area contributed by atoms with Crippen molar-refractivity contribution in [3.63, 3.8) is 0 Å². The monoisotopic (exact) mass is 394 g/mol. The van der Waals surface area contributed by atoms with Gasteiger partial charge in [-0.05, 0) is 24.3 Å². The van der Waals surface area contributed by atoms with Crippen LogP contribution < -0.4 is 9.47 Å². The van der Waals surface area contributed by atoms with Gasteiger partial charge in [-0.1, -0.05) is 30.3 Å². The quantitative estimate of drug-likeness (QED) is 0.603. The first-order valence-electron chi connectivity index (χ1n) is 7.88. The van der Waals surface area contributed by atoms with Gasteiger partial charge >= 0.3 is 11.9 Å². The Morgan fingerprint density at radius 1 is 0.852 bits per heavy atom. The number of esters is 1. The van der Waals surface area contributed by atoms with Gasteiger partial charge < -0.3 is 19.3 Å². The van der Waals surface area contributed by atoms with Crippen molar-refractivity contribution in [1.82, 2.24) is 0 Å². The first-order chi connectivity index (χ1) is 12.9. The summed E-state index contributed by atoms with van der Waals surface area (Å²) in [6.45, 7) is -1.34. The average Bonchev–Trinajstić information content (AvgIpc) is 2.66. The van der Waals surface area contributed by atoms with Crippen LogP contribution in [-0.4, -0.2) is 51.0 Å². The lowest BCUT2D eigenvalue weighted by Crippen LogP contribution is -2.20. The van der Waals surface area contributed by atoms with E-state index in [-0.39, 0.29) is 28.8 Å². The molecule has 0 radical (unpaired) electrons. The summed E-state index contributed by atoms with van der Waals surface area (Å²) < 4.78 is 39.3. The molecule has 2 aromatic rings. The van der Waals surface area contributed by atoms with Crippen molar-refractivity contribution in [2.45, 2.75) is 4.90 Å². The maximum Gasteiger partial charge on any atom is 0.344 e.